The van der Waals surface area contributed by atoms with Crippen LogP contribution in [0.1, 0.15) is 10.4 Å². The van der Waals surface area contributed by atoms with E-state index < -0.39 is 17.6 Å². The van der Waals surface area contributed by atoms with E-state index in [0.717, 1.165) is 5.56 Å². The second-order valence-electron chi connectivity index (χ2n) is 5.81. The quantitative estimate of drug-likeness (QED) is 0.618. The van der Waals surface area contributed by atoms with Gasteiger partial charge in [0.1, 0.15) is 17.3 Å². The topological polar surface area (TPSA) is 89.5 Å². The molecule has 9 heteroatoms. The maximum atomic E-state index is 13.6. The van der Waals surface area contributed by atoms with E-state index in [1.807, 2.05) is 0 Å². The van der Waals surface area contributed by atoms with E-state index in [1.54, 1.807) is 43.9 Å². The van der Waals surface area contributed by atoms with E-state index in [2.05, 4.69) is 15.6 Å². The number of anilines is 1. The Morgan fingerprint density at radius 2 is 1.93 bits per heavy atom. The van der Waals surface area contributed by atoms with Gasteiger partial charge in [0.25, 0.3) is 5.91 Å². The van der Waals surface area contributed by atoms with E-state index >= 15 is 0 Å². The lowest BCUT2D eigenvalue weighted by Crippen LogP contribution is -2.33. The first-order chi connectivity index (χ1) is 14.0. The van der Waals surface area contributed by atoms with Crippen molar-refractivity contribution < 1.29 is 23.5 Å². The predicted octanol–water partition coefficient (Wildman–Crippen LogP) is 3.33. The molecule has 7 nitrogen and oxygen atoms in total. The summed E-state index contributed by atoms with van der Waals surface area (Å²) < 4.78 is 24.2. The van der Waals surface area contributed by atoms with Crippen LogP contribution >= 0.6 is 11.3 Å². The minimum Gasteiger partial charge on any atom is -0.497 e. The third-order valence-corrected chi connectivity index (χ3v) is 4.72. The minimum absolute atomic E-state index is 0.123. The van der Waals surface area contributed by atoms with Gasteiger partial charge in [-0.1, -0.05) is 12.1 Å². The fourth-order valence-corrected chi connectivity index (χ4v) is 3.26. The number of nitrogens with one attached hydrogen (secondary N) is 2. The van der Waals surface area contributed by atoms with Crippen molar-refractivity contribution in [3.63, 3.8) is 0 Å². The first-order valence-corrected chi connectivity index (χ1v) is 9.40. The highest BCUT2D eigenvalue weighted by molar-refractivity contribution is 7.14. The number of carbonyl (C=O) groups excluding carboxylic acids is 2. The van der Waals surface area contributed by atoms with Gasteiger partial charge in [-0.3, -0.25) is 9.59 Å². The largest absolute Gasteiger partial charge is 0.497 e. The number of rotatable bonds is 7. The highest BCUT2D eigenvalue weighted by atomic mass is 32.1. The van der Waals surface area contributed by atoms with Crippen molar-refractivity contribution in [3.8, 4) is 22.8 Å². The number of benzene rings is 2. The molecule has 150 valence electrons. The van der Waals surface area contributed by atoms with E-state index in [4.69, 9.17) is 9.47 Å². The number of amides is 2. The smallest absolute Gasteiger partial charge is 0.254 e. The highest BCUT2D eigenvalue weighted by Gasteiger charge is 2.15. The highest BCUT2D eigenvalue weighted by Crippen LogP contribution is 2.34. The number of thiazole rings is 1. The molecule has 2 N–H and O–H groups in total. The second-order valence-corrected chi connectivity index (χ2v) is 6.67. The van der Waals surface area contributed by atoms with Crippen LogP contribution < -0.4 is 20.1 Å². The summed E-state index contributed by atoms with van der Waals surface area (Å²) >= 11 is 1.23. The lowest BCUT2D eigenvalue weighted by molar-refractivity contribution is -0.115. The zero-order valence-corrected chi connectivity index (χ0v) is 16.5. The summed E-state index contributed by atoms with van der Waals surface area (Å²) in [5.74, 6) is -0.532. The van der Waals surface area contributed by atoms with Crippen molar-refractivity contribution in [2.24, 2.45) is 0 Å². The zero-order chi connectivity index (χ0) is 20.8. The van der Waals surface area contributed by atoms with Gasteiger partial charge in [0.15, 0.2) is 5.13 Å². The molecular formula is C20H18FN3O4S. The van der Waals surface area contributed by atoms with Crippen molar-refractivity contribution in [2.45, 2.75) is 0 Å². The van der Waals surface area contributed by atoms with Gasteiger partial charge in [0.05, 0.1) is 32.0 Å². The molecule has 0 saturated heterocycles. The predicted molar refractivity (Wildman–Crippen MR) is 108 cm³/mol. The number of aromatic nitrogens is 1. The summed E-state index contributed by atoms with van der Waals surface area (Å²) in [7, 11) is 3.12. The van der Waals surface area contributed by atoms with E-state index in [-0.39, 0.29) is 12.1 Å². The first kappa shape index (κ1) is 20.3. The average Bonchev–Trinajstić information content (AvgIpc) is 3.20. The Hall–Kier alpha value is -3.46. The summed E-state index contributed by atoms with van der Waals surface area (Å²) in [6.07, 6.45) is 0. The number of halogens is 1. The Bertz CT molecular complexity index is 1040. The molecule has 3 rings (SSSR count). The van der Waals surface area contributed by atoms with Gasteiger partial charge < -0.3 is 20.1 Å². The van der Waals surface area contributed by atoms with Crippen molar-refractivity contribution >= 4 is 28.3 Å². The Labute approximate surface area is 170 Å². The zero-order valence-electron chi connectivity index (χ0n) is 15.7. The van der Waals surface area contributed by atoms with Gasteiger partial charge in [-0.2, -0.15) is 0 Å². The lowest BCUT2D eigenvalue weighted by atomic mass is 10.1. The standard InChI is InChI=1S/C20H18FN3O4S/c1-27-12-7-8-17(28-2)14(9-12)16-11-29-20(23-16)24-18(25)10-22-19(26)13-5-3-4-6-15(13)21/h3-9,11H,10H2,1-2H3,(H,22,26)(H,23,24,25). The molecule has 0 unspecified atom stereocenters. The van der Waals surface area contributed by atoms with Gasteiger partial charge in [0.2, 0.25) is 5.91 Å². The molecule has 0 aliphatic rings. The first-order valence-electron chi connectivity index (χ1n) is 8.52. The second kappa shape index (κ2) is 9.16. The summed E-state index contributed by atoms with van der Waals surface area (Å²) in [6, 6.07) is 10.9. The number of ether oxygens (including phenoxy) is 2. The van der Waals surface area contributed by atoms with Crippen LogP contribution in [0.25, 0.3) is 11.3 Å². The summed E-state index contributed by atoms with van der Waals surface area (Å²) in [4.78, 5) is 28.5. The molecule has 1 aromatic heterocycles. The van der Waals surface area contributed by atoms with Gasteiger partial charge in [0, 0.05) is 10.9 Å². The number of hydrogen-bond acceptors (Lipinski definition) is 6. The molecule has 0 aliphatic heterocycles. The molecule has 0 radical (unpaired) electrons. The van der Waals surface area contributed by atoms with Crippen LogP contribution in [0.4, 0.5) is 9.52 Å². The van der Waals surface area contributed by atoms with Crippen LogP contribution in [0.3, 0.4) is 0 Å². The van der Waals surface area contributed by atoms with Crippen LogP contribution in [0.2, 0.25) is 0 Å². The van der Waals surface area contributed by atoms with Gasteiger partial charge in [-0.25, -0.2) is 9.37 Å². The monoisotopic (exact) mass is 415 g/mol. The Balaban J connectivity index is 1.64. The van der Waals surface area contributed by atoms with Crippen molar-refractivity contribution in [1.29, 1.82) is 0 Å². The molecule has 1 heterocycles. The lowest BCUT2D eigenvalue weighted by Gasteiger charge is -2.08. The average molecular weight is 415 g/mol. The summed E-state index contributed by atoms with van der Waals surface area (Å²) in [5.41, 5.74) is 1.20. The molecule has 0 spiro atoms. The summed E-state index contributed by atoms with van der Waals surface area (Å²) in [5, 5.41) is 7.11. The van der Waals surface area contributed by atoms with Crippen molar-refractivity contribution in [3.05, 3.63) is 59.2 Å². The normalized spacial score (nSPS) is 10.3. The molecule has 0 atom stereocenters. The molecule has 0 aliphatic carbocycles. The minimum atomic E-state index is -0.667. The Kier molecular flexibility index (Phi) is 6.40. The molecule has 2 amide bonds. The molecule has 0 saturated carbocycles. The Morgan fingerprint density at radius 1 is 1.14 bits per heavy atom. The van der Waals surface area contributed by atoms with Gasteiger partial charge in [-0.15, -0.1) is 11.3 Å². The number of carbonyl (C=O) groups is 2. The Morgan fingerprint density at radius 3 is 2.66 bits per heavy atom. The molecule has 0 fully saturated rings. The number of hydrogen-bond donors (Lipinski definition) is 2. The molecule has 0 bridgehead atoms. The van der Waals surface area contributed by atoms with Crippen LogP contribution in [0.15, 0.2) is 47.8 Å². The van der Waals surface area contributed by atoms with Crippen molar-refractivity contribution in [2.75, 3.05) is 26.1 Å². The number of methoxy groups -OCH3 is 2. The van der Waals surface area contributed by atoms with E-state index in [1.165, 1.54) is 29.5 Å². The number of nitrogens with zero attached hydrogens (tertiary/aromatic N) is 1. The van der Waals surface area contributed by atoms with Crippen LogP contribution in [0.5, 0.6) is 11.5 Å². The van der Waals surface area contributed by atoms with Crippen LogP contribution in [-0.2, 0) is 4.79 Å². The van der Waals surface area contributed by atoms with E-state index in [0.29, 0.717) is 22.3 Å². The molecule has 2 aromatic carbocycles. The van der Waals surface area contributed by atoms with Crippen LogP contribution in [0, 0.1) is 5.82 Å². The molecule has 3 aromatic rings. The van der Waals surface area contributed by atoms with Gasteiger partial charge >= 0.3 is 0 Å². The van der Waals surface area contributed by atoms with Gasteiger partial charge in [-0.05, 0) is 30.3 Å². The maximum Gasteiger partial charge on any atom is 0.254 e. The third kappa shape index (κ3) is 4.88. The summed E-state index contributed by atoms with van der Waals surface area (Å²) in [6.45, 7) is -0.315. The fraction of sp³-hybridized carbons (Fsp3) is 0.150. The molecule has 29 heavy (non-hydrogen) atoms. The third-order valence-electron chi connectivity index (χ3n) is 3.96. The SMILES string of the molecule is COc1ccc(OC)c(-c2csc(NC(=O)CNC(=O)c3ccccc3F)n2)c1. The van der Waals surface area contributed by atoms with Crippen molar-refractivity contribution in [1.82, 2.24) is 10.3 Å². The fourth-order valence-electron chi connectivity index (χ4n) is 2.53. The van der Waals surface area contributed by atoms with E-state index in [9.17, 15) is 14.0 Å². The molecular weight excluding hydrogens is 397 g/mol. The maximum absolute atomic E-state index is 13.6. The van der Waals surface area contributed by atoms with Crippen LogP contribution in [-0.4, -0.2) is 37.6 Å².